The number of nitrogens with zero attached hydrogens (tertiary/aromatic N) is 3. The van der Waals surface area contributed by atoms with Crippen LogP contribution in [-0.2, 0) is 13.0 Å². The van der Waals surface area contributed by atoms with Gasteiger partial charge in [-0.1, -0.05) is 0 Å². The molecule has 1 amide bonds. The van der Waals surface area contributed by atoms with Crippen LogP contribution in [0.4, 0.5) is 8.78 Å². The highest BCUT2D eigenvalue weighted by Crippen LogP contribution is 2.24. The second-order valence-corrected chi connectivity index (χ2v) is 6.19. The smallest absolute Gasteiger partial charge is 0.257 e. The number of pyridine rings is 2. The van der Waals surface area contributed by atoms with Crippen molar-refractivity contribution in [3.63, 3.8) is 0 Å². The van der Waals surface area contributed by atoms with E-state index in [0.29, 0.717) is 25.2 Å². The first kappa shape index (κ1) is 15.6. The minimum Gasteiger partial charge on any atom is -0.334 e. The molecule has 126 valence electrons. The zero-order valence-corrected chi connectivity index (χ0v) is 13.6. The highest BCUT2D eigenvalue weighted by Gasteiger charge is 2.25. The fourth-order valence-corrected chi connectivity index (χ4v) is 3.11. The third-order valence-electron chi connectivity index (χ3n) is 4.41. The van der Waals surface area contributed by atoms with Crippen molar-refractivity contribution in [1.29, 1.82) is 0 Å². The first-order valence-electron chi connectivity index (χ1n) is 8.02. The number of halogens is 2. The average Bonchev–Trinajstić information content (AvgIpc) is 2.59. The summed E-state index contributed by atoms with van der Waals surface area (Å²) in [6.45, 7) is 2.70. The lowest BCUT2D eigenvalue weighted by Crippen LogP contribution is -2.36. The van der Waals surface area contributed by atoms with Gasteiger partial charge in [-0.2, -0.15) is 0 Å². The van der Waals surface area contributed by atoms with E-state index in [1.807, 2.05) is 25.1 Å². The van der Waals surface area contributed by atoms with E-state index >= 15 is 0 Å². The molecule has 0 saturated heterocycles. The predicted molar refractivity (Wildman–Crippen MR) is 89.1 cm³/mol. The molecule has 1 aliphatic rings. The Balaban J connectivity index is 1.66. The van der Waals surface area contributed by atoms with Crippen molar-refractivity contribution < 1.29 is 13.6 Å². The third-order valence-corrected chi connectivity index (χ3v) is 4.41. The molecule has 1 aliphatic heterocycles. The number of rotatable bonds is 1. The molecular weight excluding hydrogens is 324 g/mol. The molecule has 4 nitrogen and oxygen atoms in total. The zero-order chi connectivity index (χ0) is 17.6. The Hall–Kier alpha value is -2.89. The maximum Gasteiger partial charge on any atom is 0.257 e. The van der Waals surface area contributed by atoms with Crippen LogP contribution in [0.5, 0.6) is 0 Å². The number of fused-ring (bicyclic) bond motifs is 2. The number of aryl methyl sites for hydroxylation is 1. The van der Waals surface area contributed by atoms with Gasteiger partial charge in [-0.15, -0.1) is 0 Å². The van der Waals surface area contributed by atoms with Crippen LogP contribution in [0.15, 0.2) is 36.4 Å². The van der Waals surface area contributed by atoms with Crippen LogP contribution in [0.3, 0.4) is 0 Å². The van der Waals surface area contributed by atoms with Crippen molar-refractivity contribution in [2.75, 3.05) is 6.54 Å². The standard InChI is InChI=1S/C19H15F2N3O/c1-11-2-3-12-8-13-10-24(7-6-17(13)23-18(12)22-11)19(25)15-5-4-14(20)9-16(15)21/h2-5,8-9H,6-7,10H2,1H3. The number of aromatic nitrogens is 2. The summed E-state index contributed by atoms with van der Waals surface area (Å²) in [5, 5.41) is 0.909. The molecule has 0 atom stereocenters. The van der Waals surface area contributed by atoms with E-state index in [1.54, 1.807) is 4.90 Å². The monoisotopic (exact) mass is 339 g/mol. The minimum atomic E-state index is -0.841. The Bertz CT molecular complexity index is 1000. The molecule has 0 aliphatic carbocycles. The van der Waals surface area contributed by atoms with Crippen LogP contribution in [0.2, 0.25) is 0 Å². The van der Waals surface area contributed by atoms with Crippen molar-refractivity contribution in [1.82, 2.24) is 14.9 Å². The second-order valence-electron chi connectivity index (χ2n) is 6.19. The lowest BCUT2D eigenvalue weighted by molar-refractivity contribution is 0.0729. The molecular formula is C19H15F2N3O. The van der Waals surface area contributed by atoms with Crippen molar-refractivity contribution >= 4 is 16.9 Å². The fourth-order valence-electron chi connectivity index (χ4n) is 3.11. The number of carbonyl (C=O) groups is 1. The van der Waals surface area contributed by atoms with Crippen LogP contribution in [0.25, 0.3) is 11.0 Å². The van der Waals surface area contributed by atoms with Crippen LogP contribution in [0.1, 0.15) is 27.3 Å². The summed E-state index contributed by atoms with van der Waals surface area (Å²) in [5.74, 6) is -1.98. The normalized spacial score (nSPS) is 13.8. The highest BCUT2D eigenvalue weighted by atomic mass is 19.1. The first-order valence-corrected chi connectivity index (χ1v) is 8.02. The number of hydrogen-bond acceptors (Lipinski definition) is 3. The van der Waals surface area contributed by atoms with Crippen molar-refractivity contribution in [3.8, 4) is 0 Å². The van der Waals surface area contributed by atoms with Gasteiger partial charge in [0.05, 0.1) is 5.56 Å². The summed E-state index contributed by atoms with van der Waals surface area (Å²) in [7, 11) is 0. The largest absolute Gasteiger partial charge is 0.334 e. The molecule has 2 aromatic heterocycles. The van der Waals surface area contributed by atoms with Crippen LogP contribution in [-0.4, -0.2) is 27.3 Å². The summed E-state index contributed by atoms with van der Waals surface area (Å²) in [6.07, 6.45) is 0.579. The lowest BCUT2D eigenvalue weighted by Gasteiger charge is -2.28. The van der Waals surface area contributed by atoms with Gasteiger partial charge >= 0.3 is 0 Å². The summed E-state index contributed by atoms with van der Waals surface area (Å²) in [4.78, 5) is 23.2. The number of benzene rings is 1. The van der Waals surface area contributed by atoms with Gasteiger partial charge in [-0.3, -0.25) is 4.79 Å². The van der Waals surface area contributed by atoms with Gasteiger partial charge in [0, 0.05) is 42.4 Å². The maximum absolute atomic E-state index is 13.9. The van der Waals surface area contributed by atoms with E-state index in [-0.39, 0.29) is 5.56 Å². The van der Waals surface area contributed by atoms with Crippen molar-refractivity contribution in [3.05, 3.63) is 70.5 Å². The van der Waals surface area contributed by atoms with Crippen LogP contribution < -0.4 is 0 Å². The topological polar surface area (TPSA) is 46.1 Å². The molecule has 4 rings (SSSR count). The van der Waals surface area contributed by atoms with Crippen molar-refractivity contribution in [2.45, 2.75) is 19.9 Å². The van der Waals surface area contributed by atoms with Crippen molar-refractivity contribution in [2.24, 2.45) is 0 Å². The number of carbonyl (C=O) groups excluding carboxylic acids is 1. The Morgan fingerprint density at radius 1 is 1.12 bits per heavy atom. The molecule has 0 bridgehead atoms. The van der Waals surface area contributed by atoms with Gasteiger partial charge in [0.15, 0.2) is 5.65 Å². The molecule has 0 radical (unpaired) electrons. The average molecular weight is 339 g/mol. The molecule has 25 heavy (non-hydrogen) atoms. The Morgan fingerprint density at radius 2 is 1.96 bits per heavy atom. The van der Waals surface area contributed by atoms with E-state index in [1.165, 1.54) is 6.07 Å². The fraction of sp³-hybridized carbons (Fsp3) is 0.211. The summed E-state index contributed by atoms with van der Waals surface area (Å²) in [5.41, 5.74) is 3.33. The molecule has 0 fully saturated rings. The Morgan fingerprint density at radius 3 is 2.76 bits per heavy atom. The van der Waals surface area contributed by atoms with Crippen LogP contribution >= 0.6 is 0 Å². The predicted octanol–water partition coefficient (Wildman–Crippen LogP) is 3.41. The molecule has 1 aromatic carbocycles. The van der Waals surface area contributed by atoms with Gasteiger partial charge in [0.25, 0.3) is 5.91 Å². The quantitative estimate of drug-likeness (QED) is 0.682. The minimum absolute atomic E-state index is 0.115. The summed E-state index contributed by atoms with van der Waals surface area (Å²) in [6, 6.07) is 8.85. The third kappa shape index (κ3) is 2.84. The SMILES string of the molecule is Cc1ccc2cc3c(nc2n1)CCN(C(=O)c1ccc(F)cc1F)C3. The molecule has 0 N–H and O–H groups in total. The highest BCUT2D eigenvalue weighted by molar-refractivity contribution is 5.94. The van der Waals surface area contributed by atoms with E-state index in [4.69, 9.17) is 0 Å². The molecule has 0 unspecified atom stereocenters. The zero-order valence-electron chi connectivity index (χ0n) is 13.6. The van der Waals surface area contributed by atoms with E-state index in [2.05, 4.69) is 9.97 Å². The maximum atomic E-state index is 13.9. The van der Waals surface area contributed by atoms with Gasteiger partial charge in [0.2, 0.25) is 0 Å². The first-order chi connectivity index (χ1) is 12.0. The van der Waals surface area contributed by atoms with Gasteiger partial charge in [-0.05, 0) is 42.8 Å². The Labute approximate surface area is 143 Å². The molecule has 0 saturated carbocycles. The molecule has 3 heterocycles. The number of amides is 1. The van der Waals surface area contributed by atoms with E-state index < -0.39 is 17.5 Å². The number of hydrogen-bond donors (Lipinski definition) is 0. The van der Waals surface area contributed by atoms with Gasteiger partial charge in [0.1, 0.15) is 11.6 Å². The Kier molecular flexibility index (Phi) is 3.67. The summed E-state index contributed by atoms with van der Waals surface area (Å²) >= 11 is 0. The molecule has 6 heteroatoms. The molecule has 0 spiro atoms. The van der Waals surface area contributed by atoms with Gasteiger partial charge < -0.3 is 4.90 Å². The van der Waals surface area contributed by atoms with Crippen LogP contribution in [0, 0.1) is 18.6 Å². The molecule has 3 aromatic rings. The summed E-state index contributed by atoms with van der Waals surface area (Å²) < 4.78 is 26.9. The lowest BCUT2D eigenvalue weighted by atomic mass is 10.0. The second kappa shape index (κ2) is 5.88. The van der Waals surface area contributed by atoms with Gasteiger partial charge in [-0.25, -0.2) is 18.7 Å². The van der Waals surface area contributed by atoms with E-state index in [0.717, 1.165) is 34.5 Å². The van der Waals surface area contributed by atoms with E-state index in [9.17, 15) is 13.6 Å².